The number of halogens is 1. The number of carbonyl (C=O) groups excluding carboxylic acids is 2. The van der Waals surface area contributed by atoms with Gasteiger partial charge < -0.3 is 14.8 Å². The summed E-state index contributed by atoms with van der Waals surface area (Å²) in [5.41, 5.74) is 0.536. The van der Waals surface area contributed by atoms with Crippen molar-refractivity contribution in [1.82, 2.24) is 5.32 Å². The van der Waals surface area contributed by atoms with Crippen LogP contribution in [0.4, 0.5) is 0 Å². The smallest absolute Gasteiger partial charge is 0.220 e. The first kappa shape index (κ1) is 17.0. The van der Waals surface area contributed by atoms with Crippen LogP contribution in [-0.4, -0.2) is 24.9 Å². The fourth-order valence-corrected chi connectivity index (χ4v) is 3.73. The zero-order chi connectivity index (χ0) is 16.9. The predicted octanol–water partition coefficient (Wildman–Crippen LogP) is 3.56. The molecule has 3 rings (SSSR count). The number of thiophene rings is 1. The van der Waals surface area contributed by atoms with Crippen LogP contribution in [-0.2, 0) is 11.3 Å². The molecule has 0 atom stereocenters. The van der Waals surface area contributed by atoms with E-state index in [9.17, 15) is 9.59 Å². The minimum absolute atomic E-state index is 0.0824. The van der Waals surface area contributed by atoms with E-state index in [1.807, 2.05) is 12.1 Å². The summed E-state index contributed by atoms with van der Waals surface area (Å²) in [4.78, 5) is 25.2. The van der Waals surface area contributed by atoms with E-state index in [1.165, 1.54) is 0 Å². The lowest BCUT2D eigenvalue weighted by molar-refractivity contribution is -0.121. The van der Waals surface area contributed by atoms with Crippen LogP contribution in [0.15, 0.2) is 34.1 Å². The van der Waals surface area contributed by atoms with Crippen LogP contribution in [0.25, 0.3) is 0 Å². The normalized spacial score (nSPS) is 12.7. The molecule has 24 heavy (non-hydrogen) atoms. The third-order valence-corrected chi connectivity index (χ3v) is 5.16. The van der Waals surface area contributed by atoms with Gasteiger partial charge in [0.25, 0.3) is 0 Å². The van der Waals surface area contributed by atoms with Crippen molar-refractivity contribution in [2.75, 3.05) is 13.2 Å². The fraction of sp³-hybridized carbons (Fsp3) is 0.294. The molecule has 2 heterocycles. The number of nitrogens with one attached hydrogen (secondary N) is 1. The van der Waals surface area contributed by atoms with Gasteiger partial charge in [0.05, 0.1) is 10.3 Å². The molecule has 0 bridgehead atoms. The fourth-order valence-electron chi connectivity index (χ4n) is 2.31. The van der Waals surface area contributed by atoms with E-state index in [-0.39, 0.29) is 24.5 Å². The Labute approximate surface area is 152 Å². The van der Waals surface area contributed by atoms with Gasteiger partial charge in [0.15, 0.2) is 17.3 Å². The Morgan fingerprint density at radius 2 is 1.88 bits per heavy atom. The lowest BCUT2D eigenvalue weighted by Crippen LogP contribution is -2.22. The van der Waals surface area contributed by atoms with Crippen molar-refractivity contribution >= 4 is 39.0 Å². The SMILES string of the molecule is O=C(CCC(=O)c1ccc2c(c1)OCCO2)NCc1ccc(Br)s1. The van der Waals surface area contributed by atoms with Gasteiger partial charge in [0, 0.05) is 23.3 Å². The average Bonchev–Trinajstić information content (AvgIpc) is 3.02. The maximum Gasteiger partial charge on any atom is 0.220 e. The molecule has 0 fully saturated rings. The van der Waals surface area contributed by atoms with Crippen molar-refractivity contribution in [2.24, 2.45) is 0 Å². The summed E-state index contributed by atoms with van der Waals surface area (Å²) >= 11 is 4.96. The number of fused-ring (bicyclic) bond motifs is 1. The number of hydrogen-bond donors (Lipinski definition) is 1. The van der Waals surface area contributed by atoms with Crippen LogP contribution in [0.1, 0.15) is 28.1 Å². The van der Waals surface area contributed by atoms with Crippen LogP contribution in [0, 0.1) is 0 Å². The third kappa shape index (κ3) is 4.36. The molecule has 0 spiro atoms. The number of carbonyl (C=O) groups is 2. The molecule has 7 heteroatoms. The molecule has 0 unspecified atom stereocenters. The number of benzene rings is 1. The highest BCUT2D eigenvalue weighted by Gasteiger charge is 2.15. The largest absolute Gasteiger partial charge is 0.486 e. The van der Waals surface area contributed by atoms with Gasteiger partial charge in [0.2, 0.25) is 5.91 Å². The highest BCUT2D eigenvalue weighted by molar-refractivity contribution is 9.11. The molecule has 126 valence electrons. The Bertz CT molecular complexity index is 759. The molecule has 0 aliphatic carbocycles. The van der Waals surface area contributed by atoms with E-state index in [1.54, 1.807) is 29.5 Å². The van der Waals surface area contributed by atoms with Crippen molar-refractivity contribution in [3.05, 3.63) is 44.6 Å². The number of ether oxygens (including phenoxy) is 2. The first-order valence-electron chi connectivity index (χ1n) is 7.55. The van der Waals surface area contributed by atoms with Crippen LogP contribution in [0.2, 0.25) is 0 Å². The second kappa shape index (κ2) is 7.81. The van der Waals surface area contributed by atoms with Gasteiger partial charge >= 0.3 is 0 Å². The summed E-state index contributed by atoms with van der Waals surface area (Å²) in [6.45, 7) is 1.47. The Morgan fingerprint density at radius 3 is 2.62 bits per heavy atom. The Kier molecular flexibility index (Phi) is 5.52. The first-order chi connectivity index (χ1) is 11.6. The minimum atomic E-state index is -0.134. The standard InChI is InChI=1S/C17H16BrNO4S/c18-16-5-2-12(24-16)10-19-17(21)6-3-13(20)11-1-4-14-15(9-11)23-8-7-22-14/h1-2,4-5,9H,3,6-8,10H2,(H,19,21). The molecular weight excluding hydrogens is 394 g/mol. The zero-order valence-electron chi connectivity index (χ0n) is 12.8. The third-order valence-electron chi connectivity index (χ3n) is 3.53. The summed E-state index contributed by atoms with van der Waals surface area (Å²) in [6.07, 6.45) is 0.333. The number of ketones is 1. The number of hydrogen-bond acceptors (Lipinski definition) is 5. The van der Waals surface area contributed by atoms with E-state index in [2.05, 4.69) is 21.2 Å². The summed E-state index contributed by atoms with van der Waals surface area (Å²) in [5, 5.41) is 2.82. The van der Waals surface area contributed by atoms with E-state index >= 15 is 0 Å². The summed E-state index contributed by atoms with van der Waals surface area (Å²) in [6, 6.07) is 9.01. The van der Waals surface area contributed by atoms with Crippen LogP contribution < -0.4 is 14.8 Å². The number of Topliss-reactive ketones (excluding diaryl/α,β-unsaturated/α-hetero) is 1. The predicted molar refractivity (Wildman–Crippen MR) is 94.9 cm³/mol. The molecule has 1 aliphatic heterocycles. The average molecular weight is 410 g/mol. The molecular formula is C17H16BrNO4S. The van der Waals surface area contributed by atoms with Crippen molar-refractivity contribution in [3.8, 4) is 11.5 Å². The molecule has 5 nitrogen and oxygen atoms in total. The first-order valence-corrected chi connectivity index (χ1v) is 9.16. The van der Waals surface area contributed by atoms with Crippen LogP contribution in [0.5, 0.6) is 11.5 Å². The maximum absolute atomic E-state index is 12.2. The monoisotopic (exact) mass is 409 g/mol. The van der Waals surface area contributed by atoms with Gasteiger partial charge in [-0.25, -0.2) is 0 Å². The van der Waals surface area contributed by atoms with Crippen LogP contribution in [0.3, 0.4) is 0 Å². The maximum atomic E-state index is 12.2. The summed E-state index contributed by atoms with van der Waals surface area (Å²) < 4.78 is 11.9. The molecule has 1 N–H and O–H groups in total. The van der Waals surface area contributed by atoms with E-state index in [0.29, 0.717) is 36.8 Å². The Morgan fingerprint density at radius 1 is 1.08 bits per heavy atom. The van der Waals surface area contributed by atoms with Crippen molar-refractivity contribution in [3.63, 3.8) is 0 Å². The molecule has 1 aliphatic rings. The summed E-state index contributed by atoms with van der Waals surface area (Å²) in [5.74, 6) is 1.02. The molecule has 0 radical (unpaired) electrons. The van der Waals surface area contributed by atoms with Crippen molar-refractivity contribution < 1.29 is 19.1 Å². The van der Waals surface area contributed by atoms with E-state index in [4.69, 9.17) is 9.47 Å². The molecule has 0 saturated carbocycles. The molecule has 2 aromatic rings. The van der Waals surface area contributed by atoms with Gasteiger partial charge in [-0.3, -0.25) is 9.59 Å². The van der Waals surface area contributed by atoms with Crippen molar-refractivity contribution in [2.45, 2.75) is 19.4 Å². The van der Waals surface area contributed by atoms with E-state index in [0.717, 1.165) is 8.66 Å². The molecule has 0 saturated heterocycles. The highest BCUT2D eigenvalue weighted by Crippen LogP contribution is 2.31. The van der Waals surface area contributed by atoms with E-state index < -0.39 is 0 Å². The van der Waals surface area contributed by atoms with Gasteiger partial charge in [-0.05, 0) is 46.3 Å². The topological polar surface area (TPSA) is 64.6 Å². The van der Waals surface area contributed by atoms with Crippen LogP contribution >= 0.6 is 27.3 Å². The Balaban J connectivity index is 1.49. The number of rotatable bonds is 6. The molecule has 1 amide bonds. The second-order valence-electron chi connectivity index (χ2n) is 5.26. The second-order valence-corrected chi connectivity index (χ2v) is 7.81. The van der Waals surface area contributed by atoms with Gasteiger partial charge in [-0.1, -0.05) is 0 Å². The zero-order valence-corrected chi connectivity index (χ0v) is 15.2. The minimum Gasteiger partial charge on any atom is -0.486 e. The van der Waals surface area contributed by atoms with Gasteiger partial charge in [-0.15, -0.1) is 11.3 Å². The lowest BCUT2D eigenvalue weighted by Gasteiger charge is -2.18. The number of amides is 1. The van der Waals surface area contributed by atoms with Crippen molar-refractivity contribution in [1.29, 1.82) is 0 Å². The quantitative estimate of drug-likeness (QED) is 0.740. The highest BCUT2D eigenvalue weighted by atomic mass is 79.9. The molecule has 1 aromatic heterocycles. The summed E-state index contributed by atoms with van der Waals surface area (Å²) in [7, 11) is 0. The van der Waals surface area contributed by atoms with Gasteiger partial charge in [0.1, 0.15) is 13.2 Å². The van der Waals surface area contributed by atoms with Gasteiger partial charge in [-0.2, -0.15) is 0 Å². The lowest BCUT2D eigenvalue weighted by atomic mass is 10.1. The Hall–Kier alpha value is -1.86. The molecule has 1 aromatic carbocycles.